The summed E-state index contributed by atoms with van der Waals surface area (Å²) in [6, 6.07) is 0. The topological polar surface area (TPSA) is 49.8 Å². The summed E-state index contributed by atoms with van der Waals surface area (Å²) in [6.45, 7) is 0. The number of aromatic nitrogens is 2. The molecular formula is C13H13ClN4. The highest BCUT2D eigenvalue weighted by atomic mass is 35.5. The number of hydrogen-bond acceptors (Lipinski definition) is 4. The molecule has 1 unspecified atom stereocenters. The fourth-order valence-corrected chi connectivity index (χ4v) is 2.46. The van der Waals surface area contributed by atoms with Gasteiger partial charge in [0.15, 0.2) is 0 Å². The summed E-state index contributed by atoms with van der Waals surface area (Å²) in [5, 5.41) is 6.79. The summed E-state index contributed by atoms with van der Waals surface area (Å²) in [5.41, 5.74) is 3.12. The smallest absolute Gasteiger partial charge is 0.223 e. The molecule has 2 aliphatic rings. The minimum Gasteiger partial charge on any atom is -0.364 e. The molecule has 1 aromatic rings. The Morgan fingerprint density at radius 1 is 1.50 bits per heavy atom. The first kappa shape index (κ1) is 11.3. The van der Waals surface area contributed by atoms with Crippen LogP contribution in [0.1, 0.15) is 12.1 Å². The summed E-state index contributed by atoms with van der Waals surface area (Å²) < 4.78 is 0. The van der Waals surface area contributed by atoms with Crippen LogP contribution in [0.25, 0.3) is 5.57 Å². The molecule has 0 spiro atoms. The summed E-state index contributed by atoms with van der Waals surface area (Å²) in [4.78, 5) is 8.55. The first-order valence-electron chi connectivity index (χ1n) is 5.83. The molecule has 92 valence electrons. The molecular weight excluding hydrogens is 248 g/mol. The SMILES string of the molecule is CNc1ncc(Cl)c(C2=CNC3=CC=CCC32)n1. The van der Waals surface area contributed by atoms with Crippen molar-refractivity contribution in [3.8, 4) is 0 Å². The van der Waals surface area contributed by atoms with Crippen LogP contribution >= 0.6 is 11.6 Å². The van der Waals surface area contributed by atoms with Crippen molar-refractivity contribution in [2.45, 2.75) is 6.42 Å². The molecule has 4 nitrogen and oxygen atoms in total. The van der Waals surface area contributed by atoms with Crippen molar-refractivity contribution in [3.63, 3.8) is 0 Å². The van der Waals surface area contributed by atoms with E-state index in [1.807, 2.05) is 6.20 Å². The molecule has 0 fully saturated rings. The maximum atomic E-state index is 6.21. The van der Waals surface area contributed by atoms with Crippen LogP contribution in [0.15, 0.2) is 36.3 Å². The number of rotatable bonds is 2. The number of halogens is 1. The third-order valence-electron chi connectivity index (χ3n) is 3.17. The van der Waals surface area contributed by atoms with Crippen LogP contribution in [0.2, 0.25) is 5.02 Å². The lowest BCUT2D eigenvalue weighted by atomic mass is 9.90. The summed E-state index contributed by atoms with van der Waals surface area (Å²) in [7, 11) is 1.79. The second kappa shape index (κ2) is 4.46. The van der Waals surface area contributed by atoms with Crippen LogP contribution < -0.4 is 10.6 Å². The quantitative estimate of drug-likeness (QED) is 0.858. The number of nitrogens with zero attached hydrogens (tertiary/aromatic N) is 2. The lowest BCUT2D eigenvalue weighted by molar-refractivity contribution is 0.766. The monoisotopic (exact) mass is 260 g/mol. The highest BCUT2D eigenvalue weighted by Gasteiger charge is 2.28. The van der Waals surface area contributed by atoms with Gasteiger partial charge in [0.05, 0.1) is 16.9 Å². The van der Waals surface area contributed by atoms with Crippen LogP contribution in [0, 0.1) is 5.92 Å². The van der Waals surface area contributed by atoms with E-state index in [-0.39, 0.29) is 0 Å². The van der Waals surface area contributed by atoms with Gasteiger partial charge in [-0.15, -0.1) is 0 Å². The van der Waals surface area contributed by atoms with E-state index in [0.29, 0.717) is 16.9 Å². The Labute approximate surface area is 110 Å². The zero-order valence-electron chi connectivity index (χ0n) is 9.94. The van der Waals surface area contributed by atoms with Crippen molar-refractivity contribution in [1.29, 1.82) is 0 Å². The second-order valence-electron chi connectivity index (χ2n) is 4.22. The fraction of sp³-hybridized carbons (Fsp3) is 0.231. The first-order chi connectivity index (χ1) is 8.79. The standard InChI is InChI=1S/C13H13ClN4/c1-15-13-17-7-10(14)12(18-13)9-6-16-11-5-3-2-4-8(9)11/h2-3,5-8,16H,4H2,1H3,(H,15,17,18). The van der Waals surface area contributed by atoms with Gasteiger partial charge in [0.1, 0.15) is 0 Å². The fourth-order valence-electron chi connectivity index (χ4n) is 2.26. The molecule has 1 atom stereocenters. The molecule has 0 aromatic carbocycles. The maximum absolute atomic E-state index is 6.21. The van der Waals surface area contributed by atoms with E-state index in [0.717, 1.165) is 17.7 Å². The third kappa shape index (κ3) is 1.78. The summed E-state index contributed by atoms with van der Waals surface area (Å²) in [6.07, 6.45) is 10.9. The molecule has 1 aliphatic carbocycles. The van der Waals surface area contributed by atoms with Gasteiger partial charge in [-0.1, -0.05) is 23.8 Å². The van der Waals surface area contributed by atoms with Gasteiger partial charge < -0.3 is 10.6 Å². The number of hydrogen-bond donors (Lipinski definition) is 2. The van der Waals surface area contributed by atoms with E-state index in [4.69, 9.17) is 11.6 Å². The predicted octanol–water partition coefficient (Wildman–Crippen LogP) is 2.58. The Balaban J connectivity index is 2.01. The molecule has 1 aliphatic heterocycles. The van der Waals surface area contributed by atoms with E-state index >= 15 is 0 Å². The highest BCUT2D eigenvalue weighted by molar-refractivity contribution is 6.32. The van der Waals surface area contributed by atoms with Gasteiger partial charge in [-0.3, -0.25) is 0 Å². The van der Waals surface area contributed by atoms with E-state index in [2.05, 4.69) is 38.8 Å². The maximum Gasteiger partial charge on any atom is 0.223 e. The van der Waals surface area contributed by atoms with Crippen LogP contribution in [0.3, 0.4) is 0 Å². The van der Waals surface area contributed by atoms with Gasteiger partial charge in [0.2, 0.25) is 5.95 Å². The minimum atomic E-state index is 0.326. The average Bonchev–Trinajstić information content (AvgIpc) is 2.83. The molecule has 0 saturated heterocycles. The van der Waals surface area contributed by atoms with Gasteiger partial charge in [0, 0.05) is 30.4 Å². The second-order valence-corrected chi connectivity index (χ2v) is 4.63. The lowest BCUT2D eigenvalue weighted by Gasteiger charge is -2.17. The van der Waals surface area contributed by atoms with Gasteiger partial charge in [-0.05, 0) is 12.5 Å². The Morgan fingerprint density at radius 2 is 2.39 bits per heavy atom. The van der Waals surface area contributed by atoms with Crippen molar-refractivity contribution in [2.24, 2.45) is 5.92 Å². The molecule has 0 amide bonds. The molecule has 0 radical (unpaired) electrons. The van der Waals surface area contributed by atoms with Crippen molar-refractivity contribution in [3.05, 3.63) is 47.0 Å². The molecule has 0 bridgehead atoms. The zero-order chi connectivity index (χ0) is 12.5. The number of anilines is 1. The Morgan fingerprint density at radius 3 is 3.22 bits per heavy atom. The largest absolute Gasteiger partial charge is 0.364 e. The van der Waals surface area contributed by atoms with Crippen molar-refractivity contribution < 1.29 is 0 Å². The molecule has 18 heavy (non-hydrogen) atoms. The summed E-state index contributed by atoms with van der Waals surface area (Å²) in [5.74, 6) is 0.909. The Bertz CT molecular complexity index is 574. The van der Waals surface area contributed by atoms with Crippen LogP contribution in [-0.2, 0) is 0 Å². The van der Waals surface area contributed by atoms with Gasteiger partial charge in [-0.2, -0.15) is 0 Å². The first-order valence-corrected chi connectivity index (χ1v) is 6.21. The van der Waals surface area contributed by atoms with Crippen LogP contribution in [-0.4, -0.2) is 17.0 Å². The lowest BCUT2D eigenvalue weighted by Crippen LogP contribution is -2.10. The predicted molar refractivity (Wildman–Crippen MR) is 73.0 cm³/mol. The van der Waals surface area contributed by atoms with Gasteiger partial charge in [0.25, 0.3) is 0 Å². The van der Waals surface area contributed by atoms with E-state index in [1.165, 1.54) is 5.70 Å². The Kier molecular flexibility index (Phi) is 2.80. The van der Waals surface area contributed by atoms with E-state index in [9.17, 15) is 0 Å². The number of nitrogens with one attached hydrogen (secondary N) is 2. The average molecular weight is 261 g/mol. The number of fused-ring (bicyclic) bond motifs is 1. The van der Waals surface area contributed by atoms with Crippen LogP contribution in [0.5, 0.6) is 0 Å². The normalized spacial score (nSPS) is 20.9. The molecule has 2 heterocycles. The molecule has 1 aromatic heterocycles. The van der Waals surface area contributed by atoms with Crippen LogP contribution in [0.4, 0.5) is 5.95 Å². The van der Waals surface area contributed by atoms with Crippen molar-refractivity contribution in [1.82, 2.24) is 15.3 Å². The molecule has 5 heteroatoms. The number of allylic oxidation sites excluding steroid dienone is 4. The Hall–Kier alpha value is -1.81. The van der Waals surface area contributed by atoms with E-state index < -0.39 is 0 Å². The third-order valence-corrected chi connectivity index (χ3v) is 3.45. The summed E-state index contributed by atoms with van der Waals surface area (Å²) >= 11 is 6.21. The molecule has 2 N–H and O–H groups in total. The van der Waals surface area contributed by atoms with Gasteiger partial charge in [-0.25, -0.2) is 9.97 Å². The van der Waals surface area contributed by atoms with Crippen molar-refractivity contribution in [2.75, 3.05) is 12.4 Å². The zero-order valence-corrected chi connectivity index (χ0v) is 10.7. The molecule has 3 rings (SSSR count). The highest BCUT2D eigenvalue weighted by Crippen LogP contribution is 2.38. The van der Waals surface area contributed by atoms with E-state index in [1.54, 1.807) is 13.2 Å². The molecule has 0 saturated carbocycles. The van der Waals surface area contributed by atoms with Crippen molar-refractivity contribution >= 4 is 23.1 Å². The van der Waals surface area contributed by atoms with Gasteiger partial charge >= 0.3 is 0 Å². The minimum absolute atomic E-state index is 0.326.